The summed E-state index contributed by atoms with van der Waals surface area (Å²) in [5.74, 6) is -2.07. The van der Waals surface area contributed by atoms with Gasteiger partial charge in [-0.3, -0.25) is 5.41 Å². The largest absolute Gasteiger partial charge is 0.490 e. The van der Waals surface area contributed by atoms with Gasteiger partial charge in [-0.25, -0.2) is 4.39 Å². The van der Waals surface area contributed by atoms with E-state index in [9.17, 15) is 8.78 Å². The Labute approximate surface area is 100 Å². The van der Waals surface area contributed by atoms with E-state index >= 15 is 0 Å². The van der Waals surface area contributed by atoms with Gasteiger partial charge in [0.1, 0.15) is 0 Å². The van der Waals surface area contributed by atoms with Crippen LogP contribution in [0.15, 0.2) is 16.6 Å². The van der Waals surface area contributed by atoms with E-state index in [0.29, 0.717) is 17.3 Å². The predicted octanol–water partition coefficient (Wildman–Crippen LogP) is 2.82. The number of benzene rings is 1. The molecule has 0 saturated carbocycles. The number of nitrogens with one attached hydrogen (secondary N) is 1. The molecule has 0 saturated heterocycles. The van der Waals surface area contributed by atoms with Gasteiger partial charge in [0, 0.05) is 10.9 Å². The quantitative estimate of drug-likeness (QED) is 0.379. The van der Waals surface area contributed by atoms with Crippen LogP contribution in [0.25, 0.3) is 0 Å². The molecule has 88 valence electrons. The number of rotatable bonds is 5. The molecule has 0 unspecified atom stereocenters. The fourth-order valence-corrected chi connectivity index (χ4v) is 1.49. The van der Waals surface area contributed by atoms with Gasteiger partial charge in [-0.1, -0.05) is 15.9 Å². The second kappa shape index (κ2) is 5.79. The summed E-state index contributed by atoms with van der Waals surface area (Å²) in [6.07, 6.45) is 0.862. The molecule has 0 spiro atoms. The Morgan fingerprint density at radius 2 is 2.12 bits per heavy atom. The van der Waals surface area contributed by atoms with Crippen LogP contribution in [-0.2, 0) is 0 Å². The van der Waals surface area contributed by atoms with Crippen molar-refractivity contribution in [2.75, 3.05) is 6.61 Å². The lowest BCUT2D eigenvalue weighted by Gasteiger charge is -2.07. The van der Waals surface area contributed by atoms with Crippen LogP contribution >= 0.6 is 15.9 Å². The monoisotopic (exact) mass is 292 g/mol. The molecule has 0 aliphatic heterocycles. The maximum absolute atomic E-state index is 13.2. The minimum Gasteiger partial charge on any atom is -0.490 e. The first-order chi connectivity index (χ1) is 7.50. The topological polar surface area (TPSA) is 59.1 Å². The molecule has 6 heteroatoms. The Kier molecular flexibility index (Phi) is 4.67. The maximum atomic E-state index is 13.2. The molecule has 0 bridgehead atoms. The molecule has 1 aromatic rings. The summed E-state index contributed by atoms with van der Waals surface area (Å²) < 4.78 is 31.6. The average Bonchev–Trinajstić information content (AvgIpc) is 2.19. The lowest BCUT2D eigenvalue weighted by Crippen LogP contribution is -2.11. The predicted molar refractivity (Wildman–Crippen MR) is 60.7 cm³/mol. The highest BCUT2D eigenvalue weighted by atomic mass is 79.9. The molecule has 0 radical (unpaired) electrons. The van der Waals surface area contributed by atoms with Crippen LogP contribution in [0.3, 0.4) is 0 Å². The zero-order chi connectivity index (χ0) is 12.1. The fraction of sp³-hybridized carbons (Fsp3) is 0.300. The van der Waals surface area contributed by atoms with Crippen molar-refractivity contribution in [2.45, 2.75) is 12.8 Å². The van der Waals surface area contributed by atoms with E-state index in [-0.39, 0.29) is 18.2 Å². The Hall–Kier alpha value is -1.17. The van der Waals surface area contributed by atoms with Gasteiger partial charge < -0.3 is 10.5 Å². The highest BCUT2D eigenvalue weighted by Gasteiger charge is 2.10. The Bertz CT molecular complexity index is 399. The first-order valence-electron chi connectivity index (χ1n) is 4.61. The normalized spacial score (nSPS) is 10.2. The molecule has 1 rings (SSSR count). The molecular weight excluding hydrogens is 282 g/mol. The van der Waals surface area contributed by atoms with E-state index in [1.807, 2.05) is 0 Å². The Morgan fingerprint density at radius 1 is 1.44 bits per heavy atom. The smallest absolute Gasteiger partial charge is 0.200 e. The number of ether oxygens (including phenoxy) is 1. The van der Waals surface area contributed by atoms with Gasteiger partial charge in [-0.05, 0) is 18.6 Å². The van der Waals surface area contributed by atoms with E-state index in [0.717, 1.165) is 6.07 Å². The van der Waals surface area contributed by atoms with Crippen LogP contribution in [0.1, 0.15) is 12.8 Å². The van der Waals surface area contributed by atoms with Crippen LogP contribution in [-0.4, -0.2) is 12.4 Å². The third kappa shape index (κ3) is 3.77. The molecule has 3 nitrogen and oxygen atoms in total. The number of nitrogens with two attached hydrogens (primary N) is 1. The number of amidine groups is 1. The first-order valence-corrected chi connectivity index (χ1v) is 5.40. The minimum absolute atomic E-state index is 0.0458. The molecule has 0 aromatic heterocycles. The fourth-order valence-electron chi connectivity index (χ4n) is 1.08. The molecule has 0 atom stereocenters. The van der Waals surface area contributed by atoms with E-state index in [1.165, 1.54) is 6.07 Å². The number of hydrogen-bond donors (Lipinski definition) is 2. The van der Waals surface area contributed by atoms with Crippen molar-refractivity contribution in [1.82, 2.24) is 0 Å². The van der Waals surface area contributed by atoms with Crippen molar-refractivity contribution in [1.29, 1.82) is 5.41 Å². The maximum Gasteiger partial charge on any atom is 0.200 e. The van der Waals surface area contributed by atoms with Gasteiger partial charge >= 0.3 is 0 Å². The van der Waals surface area contributed by atoms with Gasteiger partial charge in [0.25, 0.3) is 0 Å². The first kappa shape index (κ1) is 12.9. The molecule has 0 fully saturated rings. The standard InChI is InChI=1S/C10H11BrF2N2O/c11-6-4-7(12)10(13)8(5-6)16-3-1-2-9(14)15/h4-5H,1-3H2,(H3,14,15). The second-order valence-corrected chi connectivity index (χ2v) is 4.09. The van der Waals surface area contributed by atoms with Crippen LogP contribution in [0, 0.1) is 17.0 Å². The van der Waals surface area contributed by atoms with Crippen LogP contribution in [0.5, 0.6) is 5.75 Å². The highest BCUT2D eigenvalue weighted by molar-refractivity contribution is 9.10. The number of halogens is 3. The molecule has 16 heavy (non-hydrogen) atoms. The number of hydrogen-bond acceptors (Lipinski definition) is 2. The summed E-state index contributed by atoms with van der Waals surface area (Å²) in [5.41, 5.74) is 5.14. The third-order valence-electron chi connectivity index (χ3n) is 1.81. The van der Waals surface area contributed by atoms with Crippen molar-refractivity contribution in [3.05, 3.63) is 28.2 Å². The molecule has 0 aliphatic carbocycles. The summed E-state index contributed by atoms with van der Waals surface area (Å²) in [4.78, 5) is 0. The lowest BCUT2D eigenvalue weighted by atomic mass is 10.3. The van der Waals surface area contributed by atoms with E-state index in [1.54, 1.807) is 0 Å². The van der Waals surface area contributed by atoms with Crippen molar-refractivity contribution >= 4 is 21.8 Å². The van der Waals surface area contributed by atoms with Gasteiger partial charge in [-0.15, -0.1) is 0 Å². The molecule has 0 aliphatic rings. The van der Waals surface area contributed by atoms with Gasteiger partial charge in [-0.2, -0.15) is 4.39 Å². The zero-order valence-corrected chi connectivity index (χ0v) is 9.98. The Balaban J connectivity index is 2.57. The zero-order valence-electron chi connectivity index (χ0n) is 8.40. The minimum atomic E-state index is -1.01. The van der Waals surface area contributed by atoms with Gasteiger partial charge in [0.15, 0.2) is 11.6 Å². The van der Waals surface area contributed by atoms with Crippen LogP contribution in [0.4, 0.5) is 8.78 Å². The lowest BCUT2D eigenvalue weighted by molar-refractivity contribution is 0.291. The van der Waals surface area contributed by atoms with Crippen molar-refractivity contribution in [2.24, 2.45) is 5.73 Å². The van der Waals surface area contributed by atoms with Crippen molar-refractivity contribution in [3.63, 3.8) is 0 Å². The summed E-state index contributed by atoms with van der Waals surface area (Å²) in [6.45, 7) is 0.187. The second-order valence-electron chi connectivity index (χ2n) is 3.18. The van der Waals surface area contributed by atoms with E-state index in [4.69, 9.17) is 15.9 Å². The highest BCUT2D eigenvalue weighted by Crippen LogP contribution is 2.25. The molecule has 1 aromatic carbocycles. The van der Waals surface area contributed by atoms with Crippen molar-refractivity contribution in [3.8, 4) is 5.75 Å². The van der Waals surface area contributed by atoms with Crippen molar-refractivity contribution < 1.29 is 13.5 Å². The van der Waals surface area contributed by atoms with E-state index < -0.39 is 11.6 Å². The summed E-state index contributed by atoms with van der Waals surface area (Å²) in [7, 11) is 0. The molecule has 3 N–H and O–H groups in total. The molecule has 0 amide bonds. The SMILES string of the molecule is N=C(N)CCCOc1cc(Br)cc(F)c1F. The molecular formula is C10H11BrF2N2O. The summed E-state index contributed by atoms with van der Waals surface area (Å²) in [5, 5.41) is 6.97. The summed E-state index contributed by atoms with van der Waals surface area (Å²) in [6, 6.07) is 2.38. The Morgan fingerprint density at radius 3 is 2.75 bits per heavy atom. The van der Waals surface area contributed by atoms with Crippen LogP contribution in [0.2, 0.25) is 0 Å². The molecule has 0 heterocycles. The third-order valence-corrected chi connectivity index (χ3v) is 2.27. The average molecular weight is 293 g/mol. The van der Waals surface area contributed by atoms with Crippen LogP contribution < -0.4 is 10.5 Å². The summed E-state index contributed by atoms with van der Waals surface area (Å²) >= 11 is 3.04. The van der Waals surface area contributed by atoms with Gasteiger partial charge in [0.2, 0.25) is 5.82 Å². The van der Waals surface area contributed by atoms with Gasteiger partial charge in [0.05, 0.1) is 12.4 Å². The van der Waals surface area contributed by atoms with E-state index in [2.05, 4.69) is 15.9 Å².